The Kier molecular flexibility index (Phi) is 9.74. The van der Waals surface area contributed by atoms with Gasteiger partial charge in [-0.1, -0.05) is 6.07 Å². The number of hydrogen-bond acceptors (Lipinski definition) is 4. The van der Waals surface area contributed by atoms with E-state index in [0.29, 0.717) is 13.2 Å². The highest BCUT2D eigenvalue weighted by atomic mass is 127. The monoisotopic (exact) mass is 445 g/mol. The van der Waals surface area contributed by atoms with Crippen LogP contribution in [-0.4, -0.2) is 33.3 Å². The fourth-order valence-corrected chi connectivity index (χ4v) is 1.96. The number of guanidine groups is 1. The van der Waals surface area contributed by atoms with Crippen molar-refractivity contribution in [2.24, 2.45) is 4.99 Å². The molecule has 0 unspecified atom stereocenters. The fourth-order valence-electron chi connectivity index (χ4n) is 1.96. The molecule has 24 heavy (non-hydrogen) atoms. The summed E-state index contributed by atoms with van der Waals surface area (Å²) in [6, 6.07) is 11.4. The number of ether oxygens (including phenoxy) is 2. The first-order valence-corrected chi connectivity index (χ1v) is 7.55. The molecule has 0 aliphatic heterocycles. The van der Waals surface area contributed by atoms with Crippen molar-refractivity contribution >= 4 is 29.9 Å². The Hall–Kier alpha value is -1.90. The molecular weight excluding hydrogens is 421 g/mol. The van der Waals surface area contributed by atoms with Gasteiger partial charge in [-0.15, -0.1) is 24.0 Å². The number of nitrogens with zero attached hydrogens (tertiary/aromatic N) is 1. The average Bonchev–Trinajstić information content (AvgIpc) is 3.11. The van der Waals surface area contributed by atoms with Crippen molar-refractivity contribution < 1.29 is 13.9 Å². The maximum Gasteiger partial charge on any atom is 0.191 e. The second-order valence-corrected chi connectivity index (χ2v) is 4.81. The summed E-state index contributed by atoms with van der Waals surface area (Å²) in [5, 5.41) is 6.42. The van der Waals surface area contributed by atoms with Gasteiger partial charge in [-0.3, -0.25) is 4.99 Å². The minimum absolute atomic E-state index is 0. The number of furan rings is 1. The van der Waals surface area contributed by atoms with E-state index in [1.165, 1.54) is 0 Å². The molecule has 1 aromatic heterocycles. The van der Waals surface area contributed by atoms with E-state index in [2.05, 4.69) is 15.6 Å². The lowest BCUT2D eigenvalue weighted by Gasteiger charge is -2.11. The minimum Gasteiger partial charge on any atom is -0.497 e. The number of methoxy groups -OCH3 is 1. The van der Waals surface area contributed by atoms with Gasteiger partial charge < -0.3 is 24.5 Å². The Morgan fingerprint density at radius 1 is 1.17 bits per heavy atom. The van der Waals surface area contributed by atoms with Gasteiger partial charge in [-0.2, -0.15) is 0 Å². The molecule has 0 amide bonds. The molecule has 0 spiro atoms. The molecule has 0 fully saturated rings. The molecule has 6 nitrogen and oxygen atoms in total. The van der Waals surface area contributed by atoms with Gasteiger partial charge in [-0.05, 0) is 30.7 Å². The number of benzene rings is 1. The van der Waals surface area contributed by atoms with Crippen LogP contribution in [0.2, 0.25) is 0 Å². The third kappa shape index (κ3) is 7.12. The van der Waals surface area contributed by atoms with E-state index in [1.54, 1.807) is 20.4 Å². The molecule has 0 atom stereocenters. The fraction of sp³-hybridized carbons (Fsp3) is 0.353. The van der Waals surface area contributed by atoms with Crippen molar-refractivity contribution in [2.45, 2.75) is 13.0 Å². The van der Waals surface area contributed by atoms with E-state index < -0.39 is 0 Å². The zero-order valence-corrected chi connectivity index (χ0v) is 16.3. The van der Waals surface area contributed by atoms with Crippen LogP contribution in [0, 0.1) is 0 Å². The van der Waals surface area contributed by atoms with Crippen LogP contribution < -0.4 is 20.1 Å². The summed E-state index contributed by atoms with van der Waals surface area (Å²) < 4.78 is 16.1. The maximum atomic E-state index is 5.69. The molecule has 0 aliphatic rings. The molecule has 2 rings (SSSR count). The molecule has 1 heterocycles. The SMILES string of the molecule is CN=C(NCCCOc1cccc(OC)c1)NCc1ccco1.I. The van der Waals surface area contributed by atoms with Crippen molar-refractivity contribution in [1.29, 1.82) is 0 Å². The molecule has 0 bridgehead atoms. The lowest BCUT2D eigenvalue weighted by molar-refractivity contribution is 0.308. The van der Waals surface area contributed by atoms with Crippen LogP contribution in [0.5, 0.6) is 11.5 Å². The van der Waals surface area contributed by atoms with E-state index in [9.17, 15) is 0 Å². The highest BCUT2D eigenvalue weighted by molar-refractivity contribution is 14.0. The normalized spacial score (nSPS) is 10.7. The van der Waals surface area contributed by atoms with Crippen LogP contribution in [0.3, 0.4) is 0 Å². The van der Waals surface area contributed by atoms with Crippen LogP contribution in [0.25, 0.3) is 0 Å². The Bertz CT molecular complexity index is 603. The Balaban J connectivity index is 0.00000288. The third-order valence-corrected chi connectivity index (χ3v) is 3.16. The van der Waals surface area contributed by atoms with Crippen LogP contribution in [-0.2, 0) is 6.54 Å². The first-order chi connectivity index (χ1) is 11.3. The Morgan fingerprint density at radius 2 is 2.00 bits per heavy atom. The Morgan fingerprint density at radius 3 is 2.71 bits per heavy atom. The van der Waals surface area contributed by atoms with Crippen molar-refractivity contribution in [1.82, 2.24) is 10.6 Å². The summed E-state index contributed by atoms with van der Waals surface area (Å²) in [5.41, 5.74) is 0. The van der Waals surface area contributed by atoms with Gasteiger partial charge in [0.25, 0.3) is 0 Å². The first kappa shape index (κ1) is 20.1. The summed E-state index contributed by atoms with van der Waals surface area (Å²) in [5.74, 6) is 3.21. The van der Waals surface area contributed by atoms with E-state index in [4.69, 9.17) is 13.9 Å². The lowest BCUT2D eigenvalue weighted by atomic mass is 10.3. The van der Waals surface area contributed by atoms with Gasteiger partial charge in [-0.25, -0.2) is 0 Å². The van der Waals surface area contributed by atoms with Crippen molar-refractivity contribution in [3.63, 3.8) is 0 Å². The van der Waals surface area contributed by atoms with Gasteiger partial charge in [0.1, 0.15) is 17.3 Å². The molecule has 0 saturated carbocycles. The number of hydrogen-bond donors (Lipinski definition) is 2. The van der Waals surface area contributed by atoms with Gasteiger partial charge in [0, 0.05) is 19.7 Å². The van der Waals surface area contributed by atoms with E-state index in [-0.39, 0.29) is 24.0 Å². The smallest absolute Gasteiger partial charge is 0.191 e. The third-order valence-electron chi connectivity index (χ3n) is 3.16. The van der Waals surface area contributed by atoms with Crippen molar-refractivity contribution in [3.8, 4) is 11.5 Å². The molecule has 7 heteroatoms. The molecule has 2 N–H and O–H groups in total. The zero-order chi connectivity index (χ0) is 16.3. The van der Waals surface area contributed by atoms with Crippen LogP contribution in [0.1, 0.15) is 12.2 Å². The number of rotatable bonds is 8. The summed E-state index contributed by atoms with van der Waals surface area (Å²) >= 11 is 0. The molecule has 0 aliphatic carbocycles. The average molecular weight is 445 g/mol. The highest BCUT2D eigenvalue weighted by Crippen LogP contribution is 2.18. The van der Waals surface area contributed by atoms with Crippen molar-refractivity contribution in [3.05, 3.63) is 48.4 Å². The van der Waals surface area contributed by atoms with E-state index in [1.807, 2.05) is 36.4 Å². The van der Waals surface area contributed by atoms with Gasteiger partial charge in [0.2, 0.25) is 0 Å². The number of halogens is 1. The molecule has 0 saturated heterocycles. The summed E-state index contributed by atoms with van der Waals surface area (Å²) in [6.45, 7) is 1.99. The quantitative estimate of drug-likeness (QED) is 0.283. The molecule has 1 aromatic carbocycles. The van der Waals surface area contributed by atoms with Crippen molar-refractivity contribution in [2.75, 3.05) is 27.3 Å². The largest absolute Gasteiger partial charge is 0.497 e. The summed E-state index contributed by atoms with van der Waals surface area (Å²) in [7, 11) is 3.38. The summed E-state index contributed by atoms with van der Waals surface area (Å²) in [6.07, 6.45) is 2.52. The van der Waals surface area contributed by atoms with Crippen LogP contribution >= 0.6 is 24.0 Å². The number of nitrogens with one attached hydrogen (secondary N) is 2. The molecule has 2 aromatic rings. The Labute approximate surface area is 159 Å². The predicted molar refractivity (Wildman–Crippen MR) is 105 cm³/mol. The standard InChI is InChI=1S/C17H23N3O3.HI/c1-18-17(20-13-16-8-4-10-23-16)19-9-5-11-22-15-7-3-6-14(12-15)21-2;/h3-4,6-8,10,12H,5,9,11,13H2,1-2H3,(H2,18,19,20);1H. The maximum absolute atomic E-state index is 5.69. The number of aliphatic imine (C=N–C) groups is 1. The lowest BCUT2D eigenvalue weighted by Crippen LogP contribution is -2.37. The second-order valence-electron chi connectivity index (χ2n) is 4.81. The summed E-state index contributed by atoms with van der Waals surface area (Å²) in [4.78, 5) is 4.16. The zero-order valence-electron chi connectivity index (χ0n) is 14.0. The van der Waals surface area contributed by atoms with Gasteiger partial charge in [0.05, 0.1) is 26.5 Å². The van der Waals surface area contributed by atoms with E-state index >= 15 is 0 Å². The topological polar surface area (TPSA) is 68.0 Å². The molecule has 0 radical (unpaired) electrons. The highest BCUT2D eigenvalue weighted by Gasteiger charge is 2.00. The molecule has 132 valence electrons. The van der Waals surface area contributed by atoms with Crippen LogP contribution in [0.4, 0.5) is 0 Å². The van der Waals surface area contributed by atoms with E-state index in [0.717, 1.165) is 36.2 Å². The first-order valence-electron chi connectivity index (χ1n) is 7.55. The minimum atomic E-state index is 0. The molecular formula is C17H24IN3O3. The van der Waals surface area contributed by atoms with Crippen LogP contribution in [0.15, 0.2) is 52.1 Å². The second kappa shape index (κ2) is 11.6. The van der Waals surface area contributed by atoms with Gasteiger partial charge >= 0.3 is 0 Å². The van der Waals surface area contributed by atoms with Gasteiger partial charge in [0.15, 0.2) is 5.96 Å². The predicted octanol–water partition coefficient (Wildman–Crippen LogP) is 3.04.